The van der Waals surface area contributed by atoms with Gasteiger partial charge in [0.2, 0.25) is 0 Å². The van der Waals surface area contributed by atoms with E-state index in [9.17, 15) is 0 Å². The molecule has 0 atom stereocenters. The molecule has 2 heterocycles. The van der Waals surface area contributed by atoms with Crippen LogP contribution in [-0.2, 0) is 4.74 Å². The Hall–Kier alpha value is -2.67. The maximum absolute atomic E-state index is 7.91. The summed E-state index contributed by atoms with van der Waals surface area (Å²) in [5.41, 5.74) is 2.80. The summed E-state index contributed by atoms with van der Waals surface area (Å²) in [4.78, 5) is 11.4. The minimum absolute atomic E-state index is 0.161. The first-order valence-electron chi connectivity index (χ1n) is 10.4. The fourth-order valence-electron chi connectivity index (χ4n) is 4.06. The van der Waals surface area contributed by atoms with Gasteiger partial charge < -0.3 is 19.7 Å². The van der Waals surface area contributed by atoms with Crippen molar-refractivity contribution in [2.45, 2.75) is 44.8 Å². The number of anilines is 1. The van der Waals surface area contributed by atoms with E-state index in [0.717, 1.165) is 74.5 Å². The van der Waals surface area contributed by atoms with Crippen molar-refractivity contribution < 1.29 is 9.47 Å². The van der Waals surface area contributed by atoms with Gasteiger partial charge in [0.1, 0.15) is 17.1 Å². The first kappa shape index (κ1) is 19.6. The Bertz CT molecular complexity index is 871. The molecule has 1 saturated carbocycles. The quantitative estimate of drug-likeness (QED) is 0.597. The highest BCUT2D eigenvalue weighted by Gasteiger charge is 2.24. The lowest BCUT2D eigenvalue weighted by Crippen LogP contribution is -2.38. The molecule has 1 aromatic heterocycles. The summed E-state index contributed by atoms with van der Waals surface area (Å²) in [6.07, 6.45) is 11.2. The smallest absolute Gasteiger partial charge is 0.149 e. The molecule has 1 aromatic carbocycles. The van der Waals surface area contributed by atoms with E-state index in [1.165, 1.54) is 0 Å². The fraction of sp³-hybridized carbons (Fsp3) is 0.500. The number of nitrogens with zero attached hydrogens (tertiary/aromatic N) is 3. The van der Waals surface area contributed by atoms with Crippen LogP contribution < -0.4 is 15.0 Å². The predicted octanol–water partition coefficient (Wildman–Crippen LogP) is 3.30. The topological polar surface area (TPSA) is 83.4 Å². The van der Waals surface area contributed by atoms with E-state index in [0.29, 0.717) is 11.9 Å². The molecule has 0 spiro atoms. The molecule has 0 bridgehead atoms. The summed E-state index contributed by atoms with van der Waals surface area (Å²) in [7, 11) is 0. The highest BCUT2D eigenvalue weighted by atomic mass is 16.5. The Labute approximate surface area is 171 Å². The Morgan fingerprint density at radius 3 is 2.69 bits per heavy atom. The molecule has 0 radical (unpaired) electrons. The molecule has 0 amide bonds. The molecule has 2 aromatic rings. The number of nitrogens with one attached hydrogen (secondary N) is 2. The second kappa shape index (κ2) is 9.22. The molecule has 1 aliphatic heterocycles. The van der Waals surface area contributed by atoms with Crippen LogP contribution in [0, 0.1) is 5.41 Å². The van der Waals surface area contributed by atoms with Crippen LogP contribution in [0.25, 0.3) is 11.0 Å². The third kappa shape index (κ3) is 4.85. The van der Waals surface area contributed by atoms with Crippen LogP contribution in [0.5, 0.6) is 5.75 Å². The number of benzene rings is 1. The zero-order valence-electron chi connectivity index (χ0n) is 16.9. The number of amidine groups is 1. The van der Waals surface area contributed by atoms with E-state index in [1.54, 1.807) is 18.5 Å². The second-order valence-corrected chi connectivity index (χ2v) is 7.62. The van der Waals surface area contributed by atoms with Crippen molar-refractivity contribution in [1.29, 1.82) is 5.41 Å². The average Bonchev–Trinajstić information content (AvgIpc) is 2.76. The number of aromatic nitrogens is 2. The van der Waals surface area contributed by atoms with E-state index < -0.39 is 0 Å². The number of allylic oxidation sites excluding steroid dienone is 1. The van der Waals surface area contributed by atoms with Gasteiger partial charge in [-0.15, -0.1) is 0 Å². The van der Waals surface area contributed by atoms with Gasteiger partial charge in [0, 0.05) is 43.3 Å². The molecular formula is C22H29N5O2. The van der Waals surface area contributed by atoms with Gasteiger partial charge in [-0.3, -0.25) is 10.4 Å². The summed E-state index contributed by atoms with van der Waals surface area (Å²) in [6.45, 7) is 5.17. The van der Waals surface area contributed by atoms with Crippen molar-refractivity contribution in [1.82, 2.24) is 15.3 Å². The third-order valence-corrected chi connectivity index (χ3v) is 5.56. The molecule has 2 aliphatic rings. The highest BCUT2D eigenvalue weighted by Crippen LogP contribution is 2.32. The number of hydrogen-bond acceptors (Lipinski definition) is 6. The van der Waals surface area contributed by atoms with Gasteiger partial charge in [0.05, 0.1) is 24.8 Å². The first-order valence-corrected chi connectivity index (χ1v) is 10.4. The van der Waals surface area contributed by atoms with Crippen LogP contribution in [0.2, 0.25) is 0 Å². The SMILES string of the molecule is C/C=C/C(=N)N[C@H]1CC[C@@H](Oc2cc(N3CCOCC3)cc3nccnc23)CC1. The van der Waals surface area contributed by atoms with E-state index in [-0.39, 0.29) is 6.10 Å². The summed E-state index contributed by atoms with van der Waals surface area (Å²) in [5, 5.41) is 11.2. The van der Waals surface area contributed by atoms with E-state index in [2.05, 4.69) is 32.3 Å². The summed E-state index contributed by atoms with van der Waals surface area (Å²) < 4.78 is 11.9. The van der Waals surface area contributed by atoms with Crippen molar-refractivity contribution in [2.75, 3.05) is 31.2 Å². The van der Waals surface area contributed by atoms with Gasteiger partial charge >= 0.3 is 0 Å². The number of ether oxygens (including phenoxy) is 2. The van der Waals surface area contributed by atoms with Crippen molar-refractivity contribution in [3.63, 3.8) is 0 Å². The van der Waals surface area contributed by atoms with Crippen LogP contribution in [-0.4, -0.2) is 54.3 Å². The van der Waals surface area contributed by atoms with E-state index in [1.807, 2.05) is 13.0 Å². The van der Waals surface area contributed by atoms with Crippen molar-refractivity contribution in [2.24, 2.45) is 0 Å². The lowest BCUT2D eigenvalue weighted by molar-refractivity contribution is 0.122. The molecule has 7 nitrogen and oxygen atoms in total. The molecule has 4 rings (SSSR count). The zero-order valence-corrected chi connectivity index (χ0v) is 16.9. The second-order valence-electron chi connectivity index (χ2n) is 7.62. The van der Waals surface area contributed by atoms with Crippen LogP contribution in [0.15, 0.2) is 36.7 Å². The first-order chi connectivity index (χ1) is 14.2. The molecule has 2 N–H and O–H groups in total. The minimum atomic E-state index is 0.161. The molecule has 1 saturated heterocycles. The van der Waals surface area contributed by atoms with Crippen molar-refractivity contribution >= 4 is 22.6 Å². The van der Waals surface area contributed by atoms with Crippen LogP contribution >= 0.6 is 0 Å². The molecule has 7 heteroatoms. The van der Waals surface area contributed by atoms with Gasteiger partial charge in [-0.25, -0.2) is 4.98 Å². The number of hydrogen-bond donors (Lipinski definition) is 2. The number of fused-ring (bicyclic) bond motifs is 1. The Morgan fingerprint density at radius 2 is 1.93 bits per heavy atom. The lowest BCUT2D eigenvalue weighted by Gasteiger charge is -2.31. The maximum Gasteiger partial charge on any atom is 0.149 e. The minimum Gasteiger partial charge on any atom is -0.488 e. The fourth-order valence-corrected chi connectivity index (χ4v) is 4.06. The maximum atomic E-state index is 7.91. The summed E-state index contributed by atoms with van der Waals surface area (Å²) in [6, 6.07) is 4.54. The van der Waals surface area contributed by atoms with Gasteiger partial charge in [0.15, 0.2) is 0 Å². The molecule has 1 aliphatic carbocycles. The molecule has 154 valence electrons. The molecule has 2 fully saturated rings. The monoisotopic (exact) mass is 395 g/mol. The lowest BCUT2D eigenvalue weighted by atomic mass is 9.93. The van der Waals surface area contributed by atoms with Crippen LogP contribution in [0.1, 0.15) is 32.6 Å². The molecular weight excluding hydrogens is 366 g/mol. The normalized spacial score (nSPS) is 22.7. The number of morpholine rings is 1. The zero-order chi connectivity index (χ0) is 20.1. The van der Waals surface area contributed by atoms with Crippen molar-refractivity contribution in [3.05, 3.63) is 36.7 Å². The average molecular weight is 396 g/mol. The largest absolute Gasteiger partial charge is 0.488 e. The summed E-state index contributed by atoms with van der Waals surface area (Å²) in [5.74, 6) is 1.30. The van der Waals surface area contributed by atoms with E-state index in [4.69, 9.17) is 14.9 Å². The highest BCUT2D eigenvalue weighted by molar-refractivity contribution is 5.90. The van der Waals surface area contributed by atoms with Crippen LogP contribution in [0.4, 0.5) is 5.69 Å². The van der Waals surface area contributed by atoms with E-state index >= 15 is 0 Å². The Morgan fingerprint density at radius 1 is 1.17 bits per heavy atom. The summed E-state index contributed by atoms with van der Waals surface area (Å²) >= 11 is 0. The van der Waals surface area contributed by atoms with Crippen molar-refractivity contribution in [3.8, 4) is 5.75 Å². The van der Waals surface area contributed by atoms with Gasteiger partial charge in [-0.1, -0.05) is 6.08 Å². The van der Waals surface area contributed by atoms with Crippen LogP contribution in [0.3, 0.4) is 0 Å². The number of rotatable bonds is 5. The van der Waals surface area contributed by atoms with Gasteiger partial charge in [0.25, 0.3) is 0 Å². The van der Waals surface area contributed by atoms with Gasteiger partial charge in [-0.2, -0.15) is 0 Å². The van der Waals surface area contributed by atoms with Gasteiger partial charge in [-0.05, 0) is 44.7 Å². The molecule has 0 unspecified atom stereocenters. The Balaban J connectivity index is 1.47. The standard InChI is InChI=1S/C22H29N5O2/c1-2-3-21(23)26-16-4-6-18(7-5-16)29-20-15-17(27-10-12-28-13-11-27)14-19-22(20)25-9-8-24-19/h2-3,8-9,14-16,18H,4-7,10-13H2,1H3,(H2,23,26)/b3-2+/t16-,18+. The molecule has 29 heavy (non-hydrogen) atoms. The predicted molar refractivity (Wildman–Crippen MR) is 115 cm³/mol. The Kier molecular flexibility index (Phi) is 6.24. The third-order valence-electron chi connectivity index (χ3n) is 5.56.